The van der Waals surface area contributed by atoms with Crippen molar-refractivity contribution in [3.8, 4) is 0 Å². The van der Waals surface area contributed by atoms with Crippen molar-refractivity contribution in [1.29, 1.82) is 0 Å². The fraction of sp³-hybridized carbons (Fsp3) is 0.0769. The first kappa shape index (κ1) is 11.3. The average Bonchev–Trinajstić information content (AvgIpc) is 2.89. The van der Waals surface area contributed by atoms with Gasteiger partial charge in [-0.25, -0.2) is 0 Å². The molecule has 94 valence electrons. The molecule has 0 spiro atoms. The van der Waals surface area contributed by atoms with Gasteiger partial charge in [0, 0.05) is 18.0 Å². The normalized spacial score (nSPS) is 12.4. The minimum absolute atomic E-state index is 0.463. The van der Waals surface area contributed by atoms with Crippen molar-refractivity contribution < 1.29 is 4.79 Å². The zero-order chi connectivity index (χ0) is 13.2. The molecule has 6 nitrogen and oxygen atoms in total. The van der Waals surface area contributed by atoms with Crippen LogP contribution in [0.15, 0.2) is 49.1 Å². The highest BCUT2D eigenvalue weighted by Gasteiger charge is 2.24. The summed E-state index contributed by atoms with van der Waals surface area (Å²) < 4.78 is 1.74. The first-order valence-electron chi connectivity index (χ1n) is 5.76. The summed E-state index contributed by atoms with van der Waals surface area (Å²) in [6.45, 7) is 0. The van der Waals surface area contributed by atoms with E-state index in [0.717, 1.165) is 0 Å². The van der Waals surface area contributed by atoms with Crippen LogP contribution in [0, 0.1) is 0 Å². The molecule has 0 aliphatic carbocycles. The van der Waals surface area contributed by atoms with Gasteiger partial charge in [0.2, 0.25) is 5.91 Å². The van der Waals surface area contributed by atoms with Crippen LogP contribution in [0.1, 0.15) is 17.2 Å². The number of carbonyl (C=O) groups is 1. The molecule has 0 aliphatic heterocycles. The molecule has 3 aromatic rings. The first-order valence-corrected chi connectivity index (χ1v) is 5.76. The number of aromatic nitrogens is 4. The lowest BCUT2D eigenvalue weighted by Crippen LogP contribution is -2.23. The van der Waals surface area contributed by atoms with Crippen LogP contribution in [-0.4, -0.2) is 25.5 Å². The van der Waals surface area contributed by atoms with Crippen molar-refractivity contribution in [3.05, 3.63) is 60.3 Å². The molecular weight excluding hydrogens is 242 g/mol. The zero-order valence-electron chi connectivity index (χ0n) is 9.97. The maximum Gasteiger partial charge on any atom is 0.231 e. The van der Waals surface area contributed by atoms with E-state index in [4.69, 9.17) is 5.73 Å². The van der Waals surface area contributed by atoms with E-state index in [-0.39, 0.29) is 0 Å². The van der Waals surface area contributed by atoms with Gasteiger partial charge in [-0.3, -0.25) is 14.2 Å². The van der Waals surface area contributed by atoms with Gasteiger partial charge in [0.1, 0.15) is 12.2 Å². The number of hydrogen-bond donors (Lipinski definition) is 1. The van der Waals surface area contributed by atoms with E-state index in [1.54, 1.807) is 29.1 Å². The number of primary amides is 1. The lowest BCUT2D eigenvalue weighted by atomic mass is 9.95. The van der Waals surface area contributed by atoms with Crippen molar-refractivity contribution in [2.24, 2.45) is 5.73 Å². The Morgan fingerprint density at radius 2 is 2.16 bits per heavy atom. The molecule has 3 heterocycles. The largest absolute Gasteiger partial charge is 0.369 e. The minimum Gasteiger partial charge on any atom is -0.369 e. The summed E-state index contributed by atoms with van der Waals surface area (Å²) in [6, 6.07) is 9.02. The number of carbonyl (C=O) groups excluding carboxylic acids is 1. The summed E-state index contributed by atoms with van der Waals surface area (Å²) in [6.07, 6.45) is 5.03. The molecule has 0 saturated carbocycles. The smallest absolute Gasteiger partial charge is 0.231 e. The lowest BCUT2D eigenvalue weighted by Gasteiger charge is -2.13. The summed E-state index contributed by atoms with van der Waals surface area (Å²) >= 11 is 0. The third kappa shape index (κ3) is 1.93. The van der Waals surface area contributed by atoms with Crippen LogP contribution in [0.2, 0.25) is 0 Å². The van der Waals surface area contributed by atoms with Crippen molar-refractivity contribution in [2.45, 2.75) is 5.92 Å². The van der Waals surface area contributed by atoms with E-state index in [9.17, 15) is 4.79 Å². The second kappa shape index (κ2) is 4.49. The van der Waals surface area contributed by atoms with Gasteiger partial charge < -0.3 is 5.73 Å². The van der Waals surface area contributed by atoms with Gasteiger partial charge >= 0.3 is 0 Å². The van der Waals surface area contributed by atoms with Gasteiger partial charge in [-0.15, -0.1) is 10.2 Å². The molecular formula is C13H11N5O. The Balaban J connectivity index is 2.21. The molecule has 0 saturated heterocycles. The molecule has 3 aromatic heterocycles. The number of rotatable bonds is 3. The molecule has 1 unspecified atom stereocenters. The van der Waals surface area contributed by atoms with Gasteiger partial charge in [0.05, 0.1) is 5.69 Å². The summed E-state index contributed by atoms with van der Waals surface area (Å²) in [5.41, 5.74) is 7.44. The maximum atomic E-state index is 11.8. The van der Waals surface area contributed by atoms with Crippen molar-refractivity contribution >= 4 is 11.6 Å². The van der Waals surface area contributed by atoms with Gasteiger partial charge in [-0.2, -0.15) is 0 Å². The Bertz CT molecular complexity index is 722. The third-order valence-corrected chi connectivity index (χ3v) is 2.93. The first-order chi connectivity index (χ1) is 9.27. The van der Waals surface area contributed by atoms with E-state index in [2.05, 4.69) is 15.2 Å². The Kier molecular flexibility index (Phi) is 2.68. The standard InChI is InChI=1S/C13H11N5O/c14-12(19)11(10-5-1-2-6-15-10)9-4-3-7-18-8-16-17-13(9)18/h1-8,11H,(H2,14,19). The quantitative estimate of drug-likeness (QED) is 0.746. The van der Waals surface area contributed by atoms with Gasteiger partial charge in [0.25, 0.3) is 0 Å². The fourth-order valence-corrected chi connectivity index (χ4v) is 2.10. The highest BCUT2D eigenvalue weighted by Crippen LogP contribution is 2.25. The van der Waals surface area contributed by atoms with Crippen LogP contribution in [0.25, 0.3) is 5.65 Å². The molecule has 3 rings (SSSR count). The second-order valence-corrected chi connectivity index (χ2v) is 4.12. The molecule has 0 aliphatic rings. The molecule has 2 N–H and O–H groups in total. The molecule has 1 amide bonds. The molecule has 6 heteroatoms. The highest BCUT2D eigenvalue weighted by molar-refractivity contribution is 5.87. The number of fused-ring (bicyclic) bond motifs is 1. The Labute approximate surface area is 108 Å². The zero-order valence-corrected chi connectivity index (χ0v) is 9.97. The number of hydrogen-bond acceptors (Lipinski definition) is 4. The van der Waals surface area contributed by atoms with Crippen LogP contribution in [0.5, 0.6) is 0 Å². The van der Waals surface area contributed by atoms with Crippen LogP contribution >= 0.6 is 0 Å². The van der Waals surface area contributed by atoms with E-state index in [1.165, 1.54) is 0 Å². The number of pyridine rings is 2. The second-order valence-electron chi connectivity index (χ2n) is 4.12. The lowest BCUT2D eigenvalue weighted by molar-refractivity contribution is -0.118. The van der Waals surface area contributed by atoms with Gasteiger partial charge in [-0.05, 0) is 18.2 Å². The van der Waals surface area contributed by atoms with E-state index < -0.39 is 11.8 Å². The van der Waals surface area contributed by atoms with Crippen molar-refractivity contribution in [1.82, 2.24) is 19.6 Å². The number of nitrogens with two attached hydrogens (primary N) is 1. The predicted octanol–water partition coefficient (Wildman–Crippen LogP) is 0.742. The van der Waals surface area contributed by atoms with Crippen LogP contribution in [0.4, 0.5) is 0 Å². The van der Waals surface area contributed by atoms with Crippen LogP contribution in [0.3, 0.4) is 0 Å². The molecule has 19 heavy (non-hydrogen) atoms. The molecule has 0 radical (unpaired) electrons. The summed E-state index contributed by atoms with van der Waals surface area (Å²) in [5.74, 6) is -1.09. The van der Waals surface area contributed by atoms with Crippen molar-refractivity contribution in [2.75, 3.05) is 0 Å². The van der Waals surface area contributed by atoms with Gasteiger partial charge in [0.15, 0.2) is 5.65 Å². The number of amides is 1. The highest BCUT2D eigenvalue weighted by atomic mass is 16.1. The van der Waals surface area contributed by atoms with E-state index in [0.29, 0.717) is 16.9 Å². The van der Waals surface area contributed by atoms with Crippen LogP contribution < -0.4 is 5.73 Å². The SMILES string of the molecule is NC(=O)C(c1ccccn1)c1cccn2cnnc12. The Morgan fingerprint density at radius 1 is 1.26 bits per heavy atom. The van der Waals surface area contributed by atoms with E-state index >= 15 is 0 Å². The minimum atomic E-state index is -0.630. The molecule has 0 fully saturated rings. The maximum absolute atomic E-state index is 11.8. The van der Waals surface area contributed by atoms with Gasteiger partial charge in [-0.1, -0.05) is 12.1 Å². The third-order valence-electron chi connectivity index (χ3n) is 2.93. The predicted molar refractivity (Wildman–Crippen MR) is 68.3 cm³/mol. The van der Waals surface area contributed by atoms with E-state index in [1.807, 2.05) is 24.4 Å². The van der Waals surface area contributed by atoms with Crippen LogP contribution in [-0.2, 0) is 4.79 Å². The topological polar surface area (TPSA) is 86.2 Å². The van der Waals surface area contributed by atoms with Crippen molar-refractivity contribution in [3.63, 3.8) is 0 Å². The Hall–Kier alpha value is -2.76. The summed E-state index contributed by atoms with van der Waals surface area (Å²) in [5, 5.41) is 7.86. The molecule has 0 aromatic carbocycles. The summed E-state index contributed by atoms with van der Waals surface area (Å²) in [4.78, 5) is 16.0. The monoisotopic (exact) mass is 253 g/mol. The molecule has 1 atom stereocenters. The Morgan fingerprint density at radius 3 is 2.89 bits per heavy atom. The number of nitrogens with zero attached hydrogens (tertiary/aromatic N) is 4. The fourth-order valence-electron chi connectivity index (χ4n) is 2.10. The molecule has 0 bridgehead atoms. The summed E-state index contributed by atoms with van der Waals surface area (Å²) in [7, 11) is 0. The average molecular weight is 253 g/mol.